The fraction of sp³-hybridized carbons (Fsp3) is 0.190. The number of Topliss-reactive ketones (excluding diaryl/α,β-unsaturated/α-hetero) is 2. The van der Waals surface area contributed by atoms with E-state index < -0.39 is 34.9 Å². The Labute approximate surface area is 297 Å². The Bertz CT molecular complexity index is 2530. The van der Waals surface area contributed by atoms with Crippen LogP contribution < -0.4 is 19.9 Å². The molecule has 3 aliphatic rings. The van der Waals surface area contributed by atoms with E-state index in [0.717, 1.165) is 36.1 Å². The Morgan fingerprint density at radius 1 is 0.654 bits per heavy atom. The van der Waals surface area contributed by atoms with Gasteiger partial charge in [-0.15, -0.1) is 0 Å². The molecule has 1 aliphatic heterocycles. The predicted octanol–water partition coefficient (Wildman–Crippen LogP) is 7.18. The van der Waals surface area contributed by atoms with E-state index in [-0.39, 0.29) is 44.5 Å². The quantitative estimate of drug-likeness (QED) is 0.133. The molecule has 10 heteroatoms. The predicted molar refractivity (Wildman–Crippen MR) is 195 cm³/mol. The number of fused-ring (bicyclic) bond motifs is 1. The number of ether oxygens (including phenoxy) is 2. The fourth-order valence-electron chi connectivity index (χ4n) is 8.26. The number of hydrogen-bond donors (Lipinski definition) is 0. The van der Waals surface area contributed by atoms with Gasteiger partial charge in [0.1, 0.15) is 28.9 Å². The maximum Gasteiger partial charge on any atom is 0.266 e. The average molecular weight is 690 g/mol. The maximum absolute atomic E-state index is 14.5. The second kappa shape index (κ2) is 11.8. The second-order valence-electron chi connectivity index (χ2n) is 13.4. The molecule has 52 heavy (non-hydrogen) atoms. The number of rotatable bonds is 6. The number of ketones is 2. The lowest BCUT2D eigenvalue weighted by molar-refractivity contribution is 0.0841. The number of amides is 2. The summed E-state index contributed by atoms with van der Waals surface area (Å²) in [5.74, 6) is -2.92. The molecule has 0 saturated heterocycles. The molecule has 2 amide bonds. The first-order valence-corrected chi connectivity index (χ1v) is 17.2. The van der Waals surface area contributed by atoms with Crippen LogP contribution in [0.3, 0.4) is 0 Å². The molecule has 1 aromatic heterocycles. The lowest BCUT2D eigenvalue weighted by Gasteiger charge is -2.32. The molecule has 1 fully saturated rings. The summed E-state index contributed by atoms with van der Waals surface area (Å²) in [5, 5.41) is 0.800. The smallest absolute Gasteiger partial charge is 0.266 e. The molecule has 2 aliphatic carbocycles. The number of imide groups is 1. The Balaban J connectivity index is 1.20. The van der Waals surface area contributed by atoms with Crippen molar-refractivity contribution in [2.45, 2.75) is 37.5 Å². The van der Waals surface area contributed by atoms with Crippen LogP contribution in [0.15, 0.2) is 95.8 Å². The zero-order chi connectivity index (χ0) is 35.8. The van der Waals surface area contributed by atoms with E-state index in [1.54, 1.807) is 54.6 Å². The monoisotopic (exact) mass is 689 g/mol. The van der Waals surface area contributed by atoms with Crippen LogP contribution in [0, 0.1) is 0 Å². The summed E-state index contributed by atoms with van der Waals surface area (Å²) in [4.78, 5) is 77.7. The van der Waals surface area contributed by atoms with Crippen LogP contribution >= 0.6 is 0 Å². The normalized spacial score (nSPS) is 16.0. The number of para-hydroxylation sites is 2. The average Bonchev–Trinajstić information content (AvgIpc) is 3.72. The van der Waals surface area contributed by atoms with Crippen molar-refractivity contribution in [1.82, 2.24) is 9.55 Å². The minimum Gasteiger partial charge on any atom is -0.494 e. The standard InChI is InChI=1S/C42H31N3O7/c1-51-31-20-23(22-10-6-7-11-22)21-32(52-2)36(31)45-41(49)28-18-16-26-33-27(17-19-29(34(28)33)42(45)50)38(47)35(37(26)46)39-43-30-15-9-8-14-25(30)40(48)44(39)24-12-4-3-5-13-24/h3-5,8-9,12-22,35H,6-7,10-11H2,1-2H3. The lowest BCUT2D eigenvalue weighted by atomic mass is 9.76. The first-order chi connectivity index (χ1) is 25.3. The van der Waals surface area contributed by atoms with E-state index >= 15 is 0 Å². The SMILES string of the molecule is COc1cc(C2CCCC2)cc(OC)c1N1C(=O)c2ccc3c4c(ccc(c24)C1=O)C(=O)C(c1nc2ccccc2c(=O)n1-c1ccccc1)C3=O. The third kappa shape index (κ3) is 4.43. The zero-order valence-corrected chi connectivity index (χ0v) is 28.3. The molecule has 10 nitrogen and oxygen atoms in total. The summed E-state index contributed by atoms with van der Waals surface area (Å²) in [6.45, 7) is 0. The highest BCUT2D eigenvalue weighted by atomic mass is 16.5. The van der Waals surface area contributed by atoms with Crippen molar-refractivity contribution in [1.29, 1.82) is 0 Å². The van der Waals surface area contributed by atoms with Gasteiger partial charge in [-0.3, -0.25) is 28.5 Å². The highest BCUT2D eigenvalue weighted by molar-refractivity contribution is 6.41. The maximum atomic E-state index is 14.5. The van der Waals surface area contributed by atoms with Crippen molar-refractivity contribution in [2.24, 2.45) is 0 Å². The van der Waals surface area contributed by atoms with E-state index in [9.17, 15) is 24.0 Å². The molecule has 5 aromatic carbocycles. The van der Waals surface area contributed by atoms with Crippen LogP contribution in [0.2, 0.25) is 0 Å². The zero-order valence-electron chi connectivity index (χ0n) is 28.3. The van der Waals surface area contributed by atoms with Gasteiger partial charge in [0.05, 0.1) is 30.8 Å². The van der Waals surface area contributed by atoms with Gasteiger partial charge in [0.2, 0.25) is 0 Å². The number of carbonyl (C=O) groups is 4. The van der Waals surface area contributed by atoms with E-state index in [1.165, 1.54) is 43.1 Å². The molecule has 9 rings (SSSR count). The largest absolute Gasteiger partial charge is 0.494 e. The van der Waals surface area contributed by atoms with Crippen LogP contribution in [0.1, 0.15) is 90.3 Å². The van der Waals surface area contributed by atoms with Crippen molar-refractivity contribution in [3.63, 3.8) is 0 Å². The third-order valence-electron chi connectivity index (χ3n) is 10.7. The topological polar surface area (TPSA) is 125 Å². The fourth-order valence-corrected chi connectivity index (χ4v) is 8.26. The Morgan fingerprint density at radius 3 is 1.79 bits per heavy atom. The van der Waals surface area contributed by atoms with Gasteiger partial charge in [-0.05, 0) is 85.0 Å². The highest BCUT2D eigenvalue weighted by Gasteiger charge is 2.45. The number of benzene rings is 5. The number of methoxy groups -OCH3 is 2. The Morgan fingerprint density at radius 2 is 1.19 bits per heavy atom. The Hall–Kier alpha value is -6.42. The summed E-state index contributed by atoms with van der Waals surface area (Å²) >= 11 is 0. The summed E-state index contributed by atoms with van der Waals surface area (Å²) in [7, 11) is 2.98. The molecule has 0 atom stereocenters. The van der Waals surface area contributed by atoms with E-state index in [0.29, 0.717) is 34.0 Å². The van der Waals surface area contributed by atoms with E-state index in [4.69, 9.17) is 14.5 Å². The molecule has 1 saturated carbocycles. The van der Waals surface area contributed by atoms with Crippen molar-refractivity contribution < 1.29 is 28.7 Å². The number of carbonyl (C=O) groups excluding carboxylic acids is 4. The van der Waals surface area contributed by atoms with E-state index in [2.05, 4.69) is 0 Å². The van der Waals surface area contributed by atoms with Gasteiger partial charge in [0, 0.05) is 33.0 Å². The summed E-state index contributed by atoms with van der Waals surface area (Å²) in [6.07, 6.45) is 4.32. The highest BCUT2D eigenvalue weighted by Crippen LogP contribution is 2.48. The van der Waals surface area contributed by atoms with Crippen molar-refractivity contribution in [3.8, 4) is 17.2 Å². The summed E-state index contributed by atoms with van der Waals surface area (Å²) in [6, 6.07) is 25.4. The molecular weight excluding hydrogens is 658 g/mol. The van der Waals surface area contributed by atoms with Gasteiger partial charge < -0.3 is 9.47 Å². The number of hydrogen-bond acceptors (Lipinski definition) is 8. The Kier molecular flexibility index (Phi) is 7.18. The van der Waals surface area contributed by atoms with Gasteiger partial charge in [-0.1, -0.05) is 43.2 Å². The number of aromatic nitrogens is 2. The molecule has 0 bridgehead atoms. The first-order valence-electron chi connectivity index (χ1n) is 17.2. The van der Waals surface area contributed by atoms with Crippen LogP contribution in [-0.4, -0.2) is 47.2 Å². The molecule has 256 valence electrons. The minimum atomic E-state index is -1.46. The number of nitrogens with zero attached hydrogens (tertiary/aromatic N) is 3. The van der Waals surface area contributed by atoms with Crippen LogP contribution in [0.4, 0.5) is 5.69 Å². The van der Waals surface area contributed by atoms with Gasteiger partial charge in [0.25, 0.3) is 17.4 Å². The van der Waals surface area contributed by atoms with Crippen molar-refractivity contribution in [2.75, 3.05) is 19.1 Å². The molecule has 6 aromatic rings. The molecule has 0 unspecified atom stereocenters. The number of anilines is 1. The summed E-state index contributed by atoms with van der Waals surface area (Å²) < 4.78 is 12.9. The van der Waals surface area contributed by atoms with E-state index in [1.807, 2.05) is 12.1 Å². The molecule has 0 spiro atoms. The first kappa shape index (κ1) is 31.6. The van der Waals surface area contributed by atoms with Crippen molar-refractivity contribution >= 4 is 50.7 Å². The van der Waals surface area contributed by atoms with Crippen LogP contribution in [-0.2, 0) is 0 Å². The molecule has 0 N–H and O–H groups in total. The van der Waals surface area contributed by atoms with Gasteiger partial charge in [-0.2, -0.15) is 0 Å². The van der Waals surface area contributed by atoms with Gasteiger partial charge in [0.15, 0.2) is 11.6 Å². The van der Waals surface area contributed by atoms with Crippen LogP contribution in [0.5, 0.6) is 11.5 Å². The third-order valence-corrected chi connectivity index (χ3v) is 10.7. The summed E-state index contributed by atoms with van der Waals surface area (Å²) in [5.41, 5.74) is 2.24. The van der Waals surface area contributed by atoms with Gasteiger partial charge in [-0.25, -0.2) is 9.88 Å². The van der Waals surface area contributed by atoms with Crippen molar-refractivity contribution in [3.05, 3.63) is 135 Å². The van der Waals surface area contributed by atoms with Gasteiger partial charge >= 0.3 is 0 Å². The minimum absolute atomic E-state index is 0.0116. The van der Waals surface area contributed by atoms with Crippen LogP contribution in [0.25, 0.3) is 27.4 Å². The second-order valence-corrected chi connectivity index (χ2v) is 13.4. The lowest BCUT2D eigenvalue weighted by Crippen LogP contribution is -2.42. The molecular formula is C42H31N3O7. The molecule has 0 radical (unpaired) electrons. The molecule has 2 heterocycles.